The lowest BCUT2D eigenvalue weighted by molar-refractivity contribution is 0.178. The minimum absolute atomic E-state index is 0.232. The summed E-state index contributed by atoms with van der Waals surface area (Å²) in [5, 5.41) is 22.9. The highest BCUT2D eigenvalue weighted by Gasteiger charge is 2.29. The fraction of sp³-hybridized carbons (Fsp3) is 0.238. The zero-order chi connectivity index (χ0) is 16.7. The highest BCUT2D eigenvalue weighted by Crippen LogP contribution is 2.47. The molecule has 0 radical (unpaired) electrons. The van der Waals surface area contributed by atoms with Crippen LogP contribution in [-0.2, 0) is 6.42 Å². The van der Waals surface area contributed by atoms with Crippen LogP contribution in [0.25, 0.3) is 10.8 Å². The van der Waals surface area contributed by atoms with E-state index < -0.39 is 0 Å². The molecule has 0 amide bonds. The molecule has 0 spiro atoms. The van der Waals surface area contributed by atoms with Crippen LogP contribution < -0.4 is 4.74 Å². The van der Waals surface area contributed by atoms with Crippen LogP contribution in [-0.4, -0.2) is 10.2 Å². The molecule has 1 atom stereocenters. The van der Waals surface area contributed by atoms with E-state index in [0.29, 0.717) is 10.8 Å². The van der Waals surface area contributed by atoms with E-state index in [1.165, 1.54) is 5.56 Å². The van der Waals surface area contributed by atoms with Gasteiger partial charge in [0.15, 0.2) is 0 Å². The molecule has 0 saturated carbocycles. The van der Waals surface area contributed by atoms with Crippen molar-refractivity contribution in [3.63, 3.8) is 0 Å². The van der Waals surface area contributed by atoms with Crippen LogP contribution in [0, 0.1) is 6.92 Å². The standard InChI is InChI=1S/C21H20O3/c1-13-9-11-14(12-10-13)24-18-8-4-7-17-19(18)21(23)16-6-3-2-5-15(16)20(17)22/h2-3,5-6,9-12,18,22-23H,4,7-8H2,1H3. The zero-order valence-corrected chi connectivity index (χ0v) is 13.6. The molecular formula is C21H20O3. The minimum Gasteiger partial charge on any atom is -0.507 e. The third kappa shape index (κ3) is 2.37. The Morgan fingerprint density at radius 1 is 0.917 bits per heavy atom. The average molecular weight is 320 g/mol. The van der Waals surface area contributed by atoms with Gasteiger partial charge < -0.3 is 14.9 Å². The van der Waals surface area contributed by atoms with Crippen molar-refractivity contribution in [3.8, 4) is 17.2 Å². The van der Waals surface area contributed by atoms with Gasteiger partial charge in [0.2, 0.25) is 0 Å². The van der Waals surface area contributed by atoms with Gasteiger partial charge in [-0.1, -0.05) is 42.0 Å². The Balaban J connectivity index is 1.83. The molecule has 1 aliphatic carbocycles. The summed E-state index contributed by atoms with van der Waals surface area (Å²) < 4.78 is 6.15. The number of aromatic hydroxyl groups is 2. The van der Waals surface area contributed by atoms with Crippen LogP contribution in [0.1, 0.15) is 35.6 Å². The second-order valence-corrected chi connectivity index (χ2v) is 6.45. The van der Waals surface area contributed by atoms with Gasteiger partial charge >= 0.3 is 0 Å². The molecule has 4 rings (SSSR count). The van der Waals surface area contributed by atoms with Crippen LogP contribution in [0.3, 0.4) is 0 Å². The molecule has 24 heavy (non-hydrogen) atoms. The third-order valence-electron chi connectivity index (χ3n) is 4.82. The smallest absolute Gasteiger partial charge is 0.130 e. The van der Waals surface area contributed by atoms with Gasteiger partial charge in [-0.15, -0.1) is 0 Å². The monoisotopic (exact) mass is 320 g/mol. The number of benzene rings is 3. The summed E-state index contributed by atoms with van der Waals surface area (Å²) >= 11 is 0. The highest BCUT2D eigenvalue weighted by molar-refractivity contribution is 5.95. The summed E-state index contributed by atoms with van der Waals surface area (Å²) in [6, 6.07) is 15.3. The Morgan fingerprint density at radius 2 is 1.58 bits per heavy atom. The first-order valence-electron chi connectivity index (χ1n) is 8.34. The molecule has 0 aliphatic heterocycles. The Morgan fingerprint density at radius 3 is 2.29 bits per heavy atom. The van der Waals surface area contributed by atoms with Gasteiger partial charge in [0, 0.05) is 21.9 Å². The first-order chi connectivity index (χ1) is 11.6. The number of ether oxygens (including phenoxy) is 1. The first kappa shape index (κ1) is 14.9. The van der Waals surface area contributed by atoms with Crippen molar-refractivity contribution < 1.29 is 14.9 Å². The maximum Gasteiger partial charge on any atom is 0.130 e. The van der Waals surface area contributed by atoms with Gasteiger partial charge in [-0.05, 0) is 38.3 Å². The van der Waals surface area contributed by atoms with E-state index in [1.54, 1.807) is 0 Å². The Labute approximate surface area is 141 Å². The second-order valence-electron chi connectivity index (χ2n) is 6.45. The largest absolute Gasteiger partial charge is 0.507 e. The number of hydrogen-bond acceptors (Lipinski definition) is 3. The van der Waals surface area contributed by atoms with Crippen molar-refractivity contribution >= 4 is 10.8 Å². The summed E-state index contributed by atoms with van der Waals surface area (Å²) in [5.41, 5.74) is 2.73. The normalized spacial score (nSPS) is 16.8. The minimum atomic E-state index is -0.244. The molecular weight excluding hydrogens is 300 g/mol. The van der Waals surface area contributed by atoms with E-state index >= 15 is 0 Å². The predicted octanol–water partition coefficient (Wildman–Crippen LogP) is 5.02. The maximum absolute atomic E-state index is 10.8. The fourth-order valence-electron chi connectivity index (χ4n) is 3.58. The summed E-state index contributed by atoms with van der Waals surface area (Å²) in [6.07, 6.45) is 2.26. The van der Waals surface area contributed by atoms with Crippen LogP contribution in [0.2, 0.25) is 0 Å². The van der Waals surface area contributed by atoms with Gasteiger partial charge in [0.25, 0.3) is 0 Å². The summed E-state index contributed by atoms with van der Waals surface area (Å²) in [4.78, 5) is 0. The quantitative estimate of drug-likeness (QED) is 0.652. The van der Waals surface area contributed by atoms with Crippen LogP contribution in [0.15, 0.2) is 48.5 Å². The maximum atomic E-state index is 10.8. The molecule has 0 saturated heterocycles. The number of hydrogen-bond donors (Lipinski definition) is 2. The first-order valence-corrected chi connectivity index (χ1v) is 8.34. The van der Waals surface area contributed by atoms with E-state index in [4.69, 9.17) is 4.74 Å². The second kappa shape index (κ2) is 5.75. The number of phenolic OH excluding ortho intramolecular Hbond substituents is 2. The predicted molar refractivity (Wildman–Crippen MR) is 94.8 cm³/mol. The Bertz CT molecular complexity index is 897. The average Bonchev–Trinajstić information content (AvgIpc) is 2.61. The number of fused-ring (bicyclic) bond motifs is 2. The Hall–Kier alpha value is -2.68. The lowest BCUT2D eigenvalue weighted by Crippen LogP contribution is -2.16. The topological polar surface area (TPSA) is 49.7 Å². The molecule has 1 aliphatic rings. The van der Waals surface area contributed by atoms with Crippen LogP contribution in [0.4, 0.5) is 0 Å². The van der Waals surface area contributed by atoms with E-state index in [2.05, 4.69) is 0 Å². The summed E-state index contributed by atoms with van der Waals surface area (Å²) in [5.74, 6) is 1.29. The van der Waals surface area contributed by atoms with Crippen molar-refractivity contribution in [1.82, 2.24) is 0 Å². The van der Waals surface area contributed by atoms with E-state index in [9.17, 15) is 10.2 Å². The van der Waals surface area contributed by atoms with Crippen molar-refractivity contribution in [2.24, 2.45) is 0 Å². The number of rotatable bonds is 2. The molecule has 3 heteroatoms. The molecule has 122 valence electrons. The lowest BCUT2D eigenvalue weighted by Gasteiger charge is -2.28. The highest BCUT2D eigenvalue weighted by atomic mass is 16.5. The van der Waals surface area contributed by atoms with Gasteiger partial charge in [-0.2, -0.15) is 0 Å². The molecule has 0 aromatic heterocycles. The van der Waals surface area contributed by atoms with Gasteiger partial charge in [-0.25, -0.2) is 0 Å². The molecule has 0 fully saturated rings. The Kier molecular flexibility index (Phi) is 3.57. The van der Waals surface area contributed by atoms with Crippen molar-refractivity contribution in [2.45, 2.75) is 32.3 Å². The molecule has 3 nitrogen and oxygen atoms in total. The molecule has 0 bridgehead atoms. The fourth-order valence-corrected chi connectivity index (χ4v) is 3.58. The van der Waals surface area contributed by atoms with Crippen LogP contribution >= 0.6 is 0 Å². The SMILES string of the molecule is Cc1ccc(OC2CCCc3c2c(O)c2ccccc2c3O)cc1. The van der Waals surface area contributed by atoms with Crippen molar-refractivity contribution in [3.05, 3.63) is 65.2 Å². The van der Waals surface area contributed by atoms with Gasteiger partial charge in [0.1, 0.15) is 23.4 Å². The lowest BCUT2D eigenvalue weighted by atomic mass is 9.85. The molecule has 1 unspecified atom stereocenters. The number of phenols is 2. The molecule has 0 heterocycles. The van der Waals surface area contributed by atoms with Crippen molar-refractivity contribution in [1.29, 1.82) is 0 Å². The number of aryl methyl sites for hydroxylation is 1. The zero-order valence-electron chi connectivity index (χ0n) is 13.6. The third-order valence-corrected chi connectivity index (χ3v) is 4.82. The summed E-state index contributed by atoms with van der Waals surface area (Å²) in [6.45, 7) is 2.04. The van der Waals surface area contributed by atoms with Crippen molar-refractivity contribution in [2.75, 3.05) is 0 Å². The van der Waals surface area contributed by atoms with Gasteiger partial charge in [-0.3, -0.25) is 0 Å². The van der Waals surface area contributed by atoms with Crippen LogP contribution in [0.5, 0.6) is 17.2 Å². The van der Waals surface area contributed by atoms with Gasteiger partial charge in [0.05, 0.1) is 0 Å². The van der Waals surface area contributed by atoms with E-state index in [-0.39, 0.29) is 17.6 Å². The summed E-state index contributed by atoms with van der Waals surface area (Å²) in [7, 11) is 0. The molecule has 3 aromatic carbocycles. The molecule has 2 N–H and O–H groups in total. The van der Waals surface area contributed by atoms with E-state index in [0.717, 1.165) is 36.1 Å². The van der Waals surface area contributed by atoms with E-state index in [1.807, 2.05) is 55.5 Å². The molecule has 3 aromatic rings.